The van der Waals surface area contributed by atoms with E-state index in [0.29, 0.717) is 12.1 Å². The molecule has 18 heavy (non-hydrogen) atoms. The van der Waals surface area contributed by atoms with Crippen molar-refractivity contribution in [3.63, 3.8) is 0 Å². The smallest absolute Gasteiger partial charge is 0.246 e. The topological polar surface area (TPSA) is 46.3 Å². The molecule has 0 aromatic carbocycles. The van der Waals surface area contributed by atoms with E-state index in [1.165, 1.54) is 0 Å². The van der Waals surface area contributed by atoms with Gasteiger partial charge in [-0.25, -0.2) is 0 Å². The first-order valence-corrected chi connectivity index (χ1v) is 7.04. The largest absolute Gasteiger partial charge is 0.336 e. The van der Waals surface area contributed by atoms with Crippen LogP contribution in [0.4, 0.5) is 0 Å². The van der Waals surface area contributed by atoms with E-state index in [1.807, 2.05) is 30.1 Å². The monoisotopic (exact) mass is 250 g/mol. The van der Waals surface area contributed by atoms with Crippen molar-refractivity contribution in [2.75, 3.05) is 6.54 Å². The molecule has 0 aliphatic heterocycles. The number of carbonyl (C=O) groups is 1. The second-order valence-corrected chi connectivity index (χ2v) is 4.99. The highest BCUT2D eigenvalue weighted by Crippen LogP contribution is 2.22. The molecule has 102 valence electrons. The molecule has 0 saturated heterocycles. The summed E-state index contributed by atoms with van der Waals surface area (Å²) >= 11 is 0. The van der Waals surface area contributed by atoms with Gasteiger partial charge in [-0.15, -0.1) is 0 Å². The molecule has 0 aromatic heterocycles. The van der Waals surface area contributed by atoms with Gasteiger partial charge in [-0.1, -0.05) is 25.2 Å². The number of amides is 1. The first-order chi connectivity index (χ1) is 8.69. The summed E-state index contributed by atoms with van der Waals surface area (Å²) in [6.45, 7) is 4.91. The molecular formula is C15H26N2O. The molecule has 0 atom stereocenters. The van der Waals surface area contributed by atoms with E-state index in [1.54, 1.807) is 6.08 Å². The lowest BCUT2D eigenvalue weighted by molar-refractivity contribution is -0.129. The zero-order chi connectivity index (χ0) is 13.4. The number of nitrogens with zero attached hydrogens (tertiary/aromatic N) is 1. The van der Waals surface area contributed by atoms with Gasteiger partial charge in [0, 0.05) is 24.7 Å². The molecule has 3 heteroatoms. The van der Waals surface area contributed by atoms with Crippen molar-refractivity contribution < 1.29 is 4.79 Å². The molecule has 0 heterocycles. The van der Waals surface area contributed by atoms with Crippen LogP contribution in [0.5, 0.6) is 0 Å². The minimum atomic E-state index is 0.135. The SMILES string of the molecule is CC=CC=CC(=O)N(CCC)C1CCC(N)CC1. The normalized spacial score (nSPS) is 24.8. The molecule has 1 saturated carbocycles. The van der Waals surface area contributed by atoms with E-state index in [-0.39, 0.29) is 5.91 Å². The Balaban J connectivity index is 2.60. The molecule has 1 fully saturated rings. The van der Waals surface area contributed by atoms with Crippen molar-refractivity contribution >= 4 is 5.91 Å². The Morgan fingerprint density at radius 1 is 1.28 bits per heavy atom. The van der Waals surface area contributed by atoms with Gasteiger partial charge in [0.1, 0.15) is 0 Å². The van der Waals surface area contributed by atoms with Gasteiger partial charge in [0.2, 0.25) is 5.91 Å². The van der Waals surface area contributed by atoms with E-state index >= 15 is 0 Å². The van der Waals surface area contributed by atoms with Crippen molar-refractivity contribution in [2.24, 2.45) is 5.73 Å². The molecular weight excluding hydrogens is 224 g/mol. The van der Waals surface area contributed by atoms with Gasteiger partial charge < -0.3 is 10.6 Å². The fourth-order valence-corrected chi connectivity index (χ4v) is 2.47. The van der Waals surface area contributed by atoms with Crippen LogP contribution in [-0.2, 0) is 4.79 Å². The summed E-state index contributed by atoms with van der Waals surface area (Å²) in [4.78, 5) is 14.2. The maximum atomic E-state index is 12.2. The van der Waals surface area contributed by atoms with E-state index in [4.69, 9.17) is 5.73 Å². The highest BCUT2D eigenvalue weighted by atomic mass is 16.2. The molecule has 3 nitrogen and oxygen atoms in total. The summed E-state index contributed by atoms with van der Waals surface area (Å²) < 4.78 is 0. The minimum Gasteiger partial charge on any atom is -0.336 e. The van der Waals surface area contributed by atoms with Gasteiger partial charge in [0.15, 0.2) is 0 Å². The van der Waals surface area contributed by atoms with Crippen LogP contribution in [0.1, 0.15) is 46.0 Å². The van der Waals surface area contributed by atoms with Gasteiger partial charge >= 0.3 is 0 Å². The van der Waals surface area contributed by atoms with Gasteiger partial charge in [-0.2, -0.15) is 0 Å². The van der Waals surface area contributed by atoms with Gasteiger partial charge in [0.25, 0.3) is 0 Å². The van der Waals surface area contributed by atoms with Crippen molar-refractivity contribution in [1.29, 1.82) is 0 Å². The standard InChI is InChI=1S/C15H26N2O/c1-3-5-6-7-15(18)17(12-4-2)14-10-8-13(16)9-11-14/h3,5-7,13-14H,4,8-12,16H2,1-2H3. The zero-order valence-corrected chi connectivity index (χ0v) is 11.6. The van der Waals surface area contributed by atoms with Crippen LogP contribution in [0, 0.1) is 0 Å². The third-order valence-electron chi connectivity index (χ3n) is 3.47. The average molecular weight is 250 g/mol. The van der Waals surface area contributed by atoms with Crippen LogP contribution in [0.2, 0.25) is 0 Å². The molecule has 1 rings (SSSR count). The molecule has 0 radical (unpaired) electrons. The van der Waals surface area contributed by atoms with Gasteiger partial charge in [0.05, 0.1) is 0 Å². The molecule has 2 N–H and O–H groups in total. The molecule has 0 bridgehead atoms. The summed E-state index contributed by atoms with van der Waals surface area (Å²) in [7, 11) is 0. The predicted molar refractivity (Wildman–Crippen MR) is 76.2 cm³/mol. The van der Waals surface area contributed by atoms with Crippen LogP contribution in [-0.4, -0.2) is 29.4 Å². The van der Waals surface area contributed by atoms with Crippen LogP contribution >= 0.6 is 0 Å². The number of allylic oxidation sites excluding steroid dienone is 3. The maximum absolute atomic E-state index is 12.2. The quantitative estimate of drug-likeness (QED) is 0.602. The fourth-order valence-electron chi connectivity index (χ4n) is 2.47. The van der Waals surface area contributed by atoms with E-state index in [9.17, 15) is 4.79 Å². The number of carbonyl (C=O) groups excluding carboxylic acids is 1. The molecule has 1 amide bonds. The van der Waals surface area contributed by atoms with Crippen molar-refractivity contribution in [1.82, 2.24) is 4.90 Å². The number of rotatable bonds is 5. The van der Waals surface area contributed by atoms with Crippen molar-refractivity contribution in [3.8, 4) is 0 Å². The van der Waals surface area contributed by atoms with E-state index in [0.717, 1.165) is 38.6 Å². The zero-order valence-electron chi connectivity index (χ0n) is 11.6. The Labute approximate surface area is 111 Å². The second-order valence-electron chi connectivity index (χ2n) is 4.99. The predicted octanol–water partition coefficient (Wildman–Crippen LogP) is 2.63. The second kappa shape index (κ2) is 8.09. The number of hydrogen-bond acceptors (Lipinski definition) is 2. The highest BCUT2D eigenvalue weighted by molar-refractivity contribution is 5.88. The van der Waals surface area contributed by atoms with Gasteiger partial charge in [-0.05, 0) is 39.0 Å². The van der Waals surface area contributed by atoms with Crippen molar-refractivity contribution in [3.05, 3.63) is 24.3 Å². The Hall–Kier alpha value is -1.09. The Morgan fingerprint density at radius 3 is 2.50 bits per heavy atom. The Kier molecular flexibility index (Phi) is 6.73. The molecule has 1 aliphatic carbocycles. The summed E-state index contributed by atoms with van der Waals surface area (Å²) in [6, 6.07) is 0.714. The third kappa shape index (κ3) is 4.65. The Bertz CT molecular complexity index is 302. The van der Waals surface area contributed by atoms with E-state index in [2.05, 4.69) is 6.92 Å². The molecule has 1 aliphatic rings. The lowest BCUT2D eigenvalue weighted by Gasteiger charge is -2.35. The fraction of sp³-hybridized carbons (Fsp3) is 0.667. The first kappa shape index (κ1) is 15.0. The molecule has 0 unspecified atom stereocenters. The molecule has 0 spiro atoms. The number of nitrogens with two attached hydrogens (primary N) is 1. The first-order valence-electron chi connectivity index (χ1n) is 7.04. The minimum absolute atomic E-state index is 0.135. The summed E-state index contributed by atoms with van der Waals surface area (Å²) in [6.07, 6.45) is 12.5. The van der Waals surface area contributed by atoms with Gasteiger partial charge in [-0.3, -0.25) is 4.79 Å². The van der Waals surface area contributed by atoms with Crippen molar-refractivity contribution in [2.45, 2.75) is 58.0 Å². The van der Waals surface area contributed by atoms with Crippen LogP contribution in [0.25, 0.3) is 0 Å². The lowest BCUT2D eigenvalue weighted by atomic mass is 9.90. The van der Waals surface area contributed by atoms with E-state index < -0.39 is 0 Å². The third-order valence-corrected chi connectivity index (χ3v) is 3.47. The van der Waals surface area contributed by atoms with Crippen LogP contribution in [0.15, 0.2) is 24.3 Å². The Morgan fingerprint density at radius 2 is 1.94 bits per heavy atom. The lowest BCUT2D eigenvalue weighted by Crippen LogP contribution is -2.44. The maximum Gasteiger partial charge on any atom is 0.246 e. The summed E-state index contributed by atoms with van der Waals surface area (Å²) in [5.41, 5.74) is 5.92. The molecule has 0 aromatic rings. The highest BCUT2D eigenvalue weighted by Gasteiger charge is 2.25. The van der Waals surface area contributed by atoms with Crippen LogP contribution < -0.4 is 5.73 Å². The average Bonchev–Trinajstić information content (AvgIpc) is 2.37. The number of hydrogen-bond donors (Lipinski definition) is 1. The summed E-state index contributed by atoms with van der Waals surface area (Å²) in [5, 5.41) is 0. The van der Waals surface area contributed by atoms with Crippen LogP contribution in [0.3, 0.4) is 0 Å². The summed E-state index contributed by atoms with van der Waals surface area (Å²) in [5.74, 6) is 0.135.